The van der Waals surface area contributed by atoms with Gasteiger partial charge in [-0.3, -0.25) is 0 Å². The number of nitrogens with zero attached hydrogens (tertiary/aromatic N) is 1. The van der Waals surface area contributed by atoms with Crippen LogP contribution in [0, 0.1) is 0 Å². The number of nitrogens with two attached hydrogens (primary N) is 1. The molecule has 1 fully saturated rings. The van der Waals surface area contributed by atoms with Gasteiger partial charge in [-0.2, -0.15) is 4.31 Å². The Labute approximate surface area is 122 Å². The molecule has 4 nitrogen and oxygen atoms in total. The standard InChI is InChI=1S/C15H24N2O2S/c1-15(2,3)12-4-6-14(7-5-12)20(18,19)17-10-8-13(16)9-11-17/h4-7,13H,8-11,16H2,1-3H3. The summed E-state index contributed by atoms with van der Waals surface area (Å²) in [6.45, 7) is 7.38. The van der Waals surface area contributed by atoms with Crippen molar-refractivity contribution in [1.29, 1.82) is 0 Å². The van der Waals surface area contributed by atoms with Crippen LogP contribution in [0.25, 0.3) is 0 Å². The first-order valence-electron chi connectivity index (χ1n) is 7.07. The van der Waals surface area contributed by atoms with Gasteiger partial charge in [-0.25, -0.2) is 8.42 Å². The van der Waals surface area contributed by atoms with Crippen molar-refractivity contribution in [1.82, 2.24) is 4.31 Å². The van der Waals surface area contributed by atoms with Gasteiger partial charge >= 0.3 is 0 Å². The summed E-state index contributed by atoms with van der Waals surface area (Å²) in [5.74, 6) is 0. The molecule has 2 rings (SSSR count). The van der Waals surface area contributed by atoms with Crippen molar-refractivity contribution in [3.05, 3.63) is 29.8 Å². The van der Waals surface area contributed by atoms with Gasteiger partial charge in [0.05, 0.1) is 4.90 Å². The maximum atomic E-state index is 12.5. The fourth-order valence-electron chi connectivity index (χ4n) is 2.39. The number of rotatable bonds is 2. The fourth-order valence-corrected chi connectivity index (χ4v) is 3.86. The topological polar surface area (TPSA) is 63.4 Å². The van der Waals surface area contributed by atoms with E-state index in [2.05, 4.69) is 20.8 Å². The first-order chi connectivity index (χ1) is 9.21. The van der Waals surface area contributed by atoms with Gasteiger partial charge in [0.2, 0.25) is 10.0 Å². The van der Waals surface area contributed by atoms with Crippen LogP contribution in [0.3, 0.4) is 0 Å². The molecule has 0 saturated carbocycles. The molecule has 2 N–H and O–H groups in total. The summed E-state index contributed by atoms with van der Waals surface area (Å²) in [7, 11) is -3.37. The molecule has 0 aliphatic carbocycles. The monoisotopic (exact) mass is 296 g/mol. The van der Waals surface area contributed by atoms with E-state index in [4.69, 9.17) is 5.73 Å². The van der Waals surface area contributed by atoms with Gasteiger partial charge in [-0.05, 0) is 36.0 Å². The minimum atomic E-state index is -3.37. The molecule has 0 unspecified atom stereocenters. The highest BCUT2D eigenvalue weighted by molar-refractivity contribution is 7.89. The normalized spacial score (nSPS) is 19.2. The van der Waals surface area contributed by atoms with Crippen LogP contribution in [0.4, 0.5) is 0 Å². The van der Waals surface area contributed by atoms with Crippen LogP contribution < -0.4 is 5.73 Å². The zero-order valence-corrected chi connectivity index (χ0v) is 13.3. The van der Waals surface area contributed by atoms with E-state index in [1.807, 2.05) is 12.1 Å². The van der Waals surface area contributed by atoms with Crippen LogP contribution in [0.1, 0.15) is 39.2 Å². The molecule has 1 aromatic carbocycles. The minimum Gasteiger partial charge on any atom is -0.328 e. The third-order valence-electron chi connectivity index (χ3n) is 3.86. The molecule has 1 aliphatic heterocycles. The summed E-state index contributed by atoms with van der Waals surface area (Å²) in [5, 5.41) is 0. The van der Waals surface area contributed by atoms with Crippen LogP contribution in [-0.4, -0.2) is 31.9 Å². The Morgan fingerprint density at radius 1 is 1.10 bits per heavy atom. The second-order valence-electron chi connectivity index (χ2n) is 6.52. The van der Waals surface area contributed by atoms with Gasteiger partial charge in [0.15, 0.2) is 0 Å². The molecule has 1 aromatic rings. The maximum absolute atomic E-state index is 12.5. The highest BCUT2D eigenvalue weighted by atomic mass is 32.2. The lowest BCUT2D eigenvalue weighted by Gasteiger charge is -2.29. The van der Waals surface area contributed by atoms with E-state index in [-0.39, 0.29) is 11.5 Å². The summed E-state index contributed by atoms with van der Waals surface area (Å²) < 4.78 is 26.6. The van der Waals surface area contributed by atoms with E-state index >= 15 is 0 Å². The van der Waals surface area contributed by atoms with Crippen LogP contribution in [0.5, 0.6) is 0 Å². The zero-order valence-electron chi connectivity index (χ0n) is 12.5. The van der Waals surface area contributed by atoms with Gasteiger partial charge < -0.3 is 5.73 Å². The third-order valence-corrected chi connectivity index (χ3v) is 5.77. The molecule has 0 aromatic heterocycles. The molecular formula is C15H24N2O2S. The Hall–Kier alpha value is -0.910. The first-order valence-corrected chi connectivity index (χ1v) is 8.51. The quantitative estimate of drug-likeness (QED) is 0.909. The van der Waals surface area contributed by atoms with Crippen molar-refractivity contribution in [2.24, 2.45) is 5.73 Å². The second kappa shape index (κ2) is 5.47. The smallest absolute Gasteiger partial charge is 0.243 e. The molecule has 112 valence electrons. The van der Waals surface area contributed by atoms with Crippen LogP contribution >= 0.6 is 0 Å². The van der Waals surface area contributed by atoms with Crippen molar-refractivity contribution >= 4 is 10.0 Å². The second-order valence-corrected chi connectivity index (χ2v) is 8.45. The van der Waals surface area contributed by atoms with E-state index < -0.39 is 10.0 Å². The van der Waals surface area contributed by atoms with E-state index in [1.165, 1.54) is 0 Å². The van der Waals surface area contributed by atoms with Gasteiger partial charge in [-0.1, -0.05) is 32.9 Å². The Morgan fingerprint density at radius 3 is 2.05 bits per heavy atom. The van der Waals surface area contributed by atoms with Crippen molar-refractivity contribution in [2.45, 2.75) is 50.0 Å². The largest absolute Gasteiger partial charge is 0.328 e. The summed E-state index contributed by atoms with van der Waals surface area (Å²) in [6.07, 6.45) is 1.47. The molecule has 1 heterocycles. The fraction of sp³-hybridized carbons (Fsp3) is 0.600. The number of hydrogen-bond donors (Lipinski definition) is 1. The molecule has 0 spiro atoms. The minimum absolute atomic E-state index is 0.0280. The van der Waals surface area contributed by atoms with E-state index in [1.54, 1.807) is 16.4 Å². The molecule has 0 radical (unpaired) electrons. The number of piperidine rings is 1. The lowest BCUT2D eigenvalue weighted by Crippen LogP contribution is -2.42. The van der Waals surface area contributed by atoms with Crippen molar-refractivity contribution in [3.8, 4) is 0 Å². The maximum Gasteiger partial charge on any atom is 0.243 e. The van der Waals surface area contributed by atoms with Gasteiger partial charge in [0.25, 0.3) is 0 Å². The van der Waals surface area contributed by atoms with Gasteiger partial charge in [0, 0.05) is 19.1 Å². The molecule has 20 heavy (non-hydrogen) atoms. The van der Waals surface area contributed by atoms with Crippen LogP contribution in [-0.2, 0) is 15.4 Å². The Bertz CT molecular complexity index is 551. The Kier molecular flexibility index (Phi) is 4.23. The molecule has 0 atom stereocenters. The first kappa shape index (κ1) is 15.5. The van der Waals surface area contributed by atoms with Gasteiger partial charge in [0.1, 0.15) is 0 Å². The Morgan fingerprint density at radius 2 is 1.60 bits per heavy atom. The van der Waals surface area contributed by atoms with Crippen molar-refractivity contribution in [2.75, 3.05) is 13.1 Å². The molecule has 1 aliphatic rings. The summed E-state index contributed by atoms with van der Waals surface area (Å²) in [6, 6.07) is 7.37. The SMILES string of the molecule is CC(C)(C)c1ccc(S(=O)(=O)N2CCC(N)CC2)cc1. The summed E-state index contributed by atoms with van der Waals surface area (Å²) >= 11 is 0. The van der Waals surface area contributed by atoms with Crippen LogP contribution in [0.15, 0.2) is 29.2 Å². The predicted molar refractivity (Wildman–Crippen MR) is 81.1 cm³/mol. The number of hydrogen-bond acceptors (Lipinski definition) is 3. The van der Waals surface area contributed by atoms with E-state index in [0.717, 1.165) is 18.4 Å². The zero-order chi connectivity index (χ0) is 15.0. The molecule has 5 heteroatoms. The predicted octanol–water partition coefficient (Wildman–Crippen LogP) is 2.10. The average molecular weight is 296 g/mol. The average Bonchev–Trinajstić information content (AvgIpc) is 2.38. The molecule has 0 amide bonds. The number of benzene rings is 1. The van der Waals surface area contributed by atoms with E-state index in [0.29, 0.717) is 18.0 Å². The van der Waals surface area contributed by atoms with Crippen molar-refractivity contribution in [3.63, 3.8) is 0 Å². The van der Waals surface area contributed by atoms with Gasteiger partial charge in [-0.15, -0.1) is 0 Å². The molecule has 0 bridgehead atoms. The van der Waals surface area contributed by atoms with E-state index in [9.17, 15) is 8.42 Å². The Balaban J connectivity index is 2.22. The summed E-state index contributed by atoms with van der Waals surface area (Å²) in [4.78, 5) is 0.376. The van der Waals surface area contributed by atoms with Crippen molar-refractivity contribution < 1.29 is 8.42 Å². The summed E-state index contributed by atoms with van der Waals surface area (Å²) in [5.41, 5.74) is 6.99. The number of sulfonamides is 1. The molecule has 1 saturated heterocycles. The lowest BCUT2D eigenvalue weighted by molar-refractivity contribution is 0.320. The highest BCUT2D eigenvalue weighted by Crippen LogP contribution is 2.25. The lowest BCUT2D eigenvalue weighted by atomic mass is 9.87. The molecular weight excluding hydrogens is 272 g/mol. The highest BCUT2D eigenvalue weighted by Gasteiger charge is 2.28. The third kappa shape index (κ3) is 3.22. The van der Waals surface area contributed by atoms with Crippen LogP contribution in [0.2, 0.25) is 0 Å².